The monoisotopic (exact) mass is 274 g/mol. The van der Waals surface area contributed by atoms with Crippen LogP contribution < -0.4 is 0 Å². The SMILES string of the molecule is CC1C(=O)C2C(=C=O)C=CC=C2OC1(O)C(F)(F)F. The third-order valence-electron chi connectivity index (χ3n) is 3.23. The average Bonchev–Trinajstić information content (AvgIpc) is 2.33. The highest BCUT2D eigenvalue weighted by molar-refractivity contribution is 5.93. The predicted octanol–water partition coefficient (Wildman–Crippen LogP) is 1.30. The van der Waals surface area contributed by atoms with Crippen molar-refractivity contribution in [1.29, 1.82) is 0 Å². The highest BCUT2D eigenvalue weighted by atomic mass is 19.4. The molecule has 1 fully saturated rings. The molecule has 0 saturated carbocycles. The number of carbonyl (C=O) groups is 1. The van der Waals surface area contributed by atoms with Crippen molar-refractivity contribution < 1.29 is 32.6 Å². The molecule has 3 unspecified atom stereocenters. The Hall–Kier alpha value is -1.85. The number of Topliss-reactive ketones (excluding diaryl/α,β-unsaturated/α-hetero) is 1. The standard InChI is InChI=1S/C12H9F3O4/c1-6-10(17)9-7(5-16)3-2-4-8(9)19-11(6,18)12(13,14)15/h2-4,6,9,18H,1H3. The van der Waals surface area contributed by atoms with Crippen LogP contribution in [-0.4, -0.2) is 28.8 Å². The first-order valence-corrected chi connectivity index (χ1v) is 5.37. The third-order valence-corrected chi connectivity index (χ3v) is 3.23. The summed E-state index contributed by atoms with van der Waals surface area (Å²) < 4.78 is 43.1. The Labute approximate surface area is 105 Å². The van der Waals surface area contributed by atoms with Gasteiger partial charge in [-0.1, -0.05) is 6.08 Å². The van der Waals surface area contributed by atoms with Crippen LogP contribution in [0.3, 0.4) is 0 Å². The molecule has 102 valence electrons. The first-order chi connectivity index (χ1) is 8.72. The highest BCUT2D eigenvalue weighted by Crippen LogP contribution is 2.47. The minimum Gasteiger partial charge on any atom is -0.456 e. The van der Waals surface area contributed by atoms with Gasteiger partial charge in [0.2, 0.25) is 0 Å². The molecule has 1 saturated heterocycles. The molecule has 0 bridgehead atoms. The highest BCUT2D eigenvalue weighted by Gasteiger charge is 2.66. The summed E-state index contributed by atoms with van der Waals surface area (Å²) in [5.74, 6) is -6.49. The number of rotatable bonds is 0. The maximum Gasteiger partial charge on any atom is 0.456 e. The largest absolute Gasteiger partial charge is 0.456 e. The number of halogens is 3. The lowest BCUT2D eigenvalue weighted by Gasteiger charge is -2.42. The van der Waals surface area contributed by atoms with Crippen LogP contribution >= 0.6 is 0 Å². The zero-order chi connectivity index (χ0) is 14.4. The Balaban J connectivity index is 2.52. The van der Waals surface area contributed by atoms with Gasteiger partial charge in [0.25, 0.3) is 0 Å². The summed E-state index contributed by atoms with van der Waals surface area (Å²) in [6.07, 6.45) is -1.48. The Morgan fingerprint density at radius 3 is 2.63 bits per heavy atom. The molecular formula is C12H9F3O4. The van der Waals surface area contributed by atoms with E-state index in [0.717, 1.165) is 13.0 Å². The van der Waals surface area contributed by atoms with E-state index in [1.54, 1.807) is 0 Å². The molecule has 0 spiro atoms. The molecule has 19 heavy (non-hydrogen) atoms. The van der Waals surface area contributed by atoms with Crippen LogP contribution in [-0.2, 0) is 14.3 Å². The maximum atomic E-state index is 12.8. The van der Waals surface area contributed by atoms with Crippen molar-refractivity contribution >= 4 is 11.7 Å². The molecule has 7 heteroatoms. The Bertz CT molecular complexity index is 540. The van der Waals surface area contributed by atoms with Crippen molar-refractivity contribution in [2.45, 2.75) is 18.9 Å². The lowest BCUT2D eigenvalue weighted by atomic mass is 9.78. The molecule has 1 aliphatic heterocycles. The Kier molecular flexibility index (Phi) is 2.91. The van der Waals surface area contributed by atoms with Gasteiger partial charge in [-0.3, -0.25) is 4.79 Å². The van der Waals surface area contributed by atoms with Crippen LogP contribution in [0.5, 0.6) is 0 Å². The van der Waals surface area contributed by atoms with Crippen molar-refractivity contribution in [2.75, 3.05) is 0 Å². The molecule has 0 amide bonds. The first kappa shape index (κ1) is 13.6. The van der Waals surface area contributed by atoms with Crippen molar-refractivity contribution in [3.63, 3.8) is 0 Å². The van der Waals surface area contributed by atoms with E-state index in [1.165, 1.54) is 18.1 Å². The number of hydrogen-bond acceptors (Lipinski definition) is 4. The predicted molar refractivity (Wildman–Crippen MR) is 56.2 cm³/mol. The van der Waals surface area contributed by atoms with Crippen molar-refractivity contribution in [2.24, 2.45) is 11.8 Å². The van der Waals surface area contributed by atoms with E-state index in [0.29, 0.717) is 0 Å². The van der Waals surface area contributed by atoms with Gasteiger partial charge in [-0.15, -0.1) is 0 Å². The fourth-order valence-corrected chi connectivity index (χ4v) is 2.09. The molecule has 3 atom stereocenters. The molecule has 1 aliphatic carbocycles. The van der Waals surface area contributed by atoms with E-state index in [4.69, 9.17) is 0 Å². The summed E-state index contributed by atoms with van der Waals surface area (Å²) >= 11 is 0. The minimum absolute atomic E-state index is 0.112. The normalized spacial score (nSPS) is 34.3. The number of ketones is 1. The number of ether oxygens (including phenoxy) is 1. The van der Waals surface area contributed by atoms with Crippen LogP contribution in [0.2, 0.25) is 0 Å². The average molecular weight is 274 g/mol. The van der Waals surface area contributed by atoms with Gasteiger partial charge in [-0.2, -0.15) is 13.2 Å². The van der Waals surface area contributed by atoms with Gasteiger partial charge in [0.1, 0.15) is 17.6 Å². The van der Waals surface area contributed by atoms with Crippen molar-refractivity contribution in [3.05, 3.63) is 29.6 Å². The second-order valence-corrected chi connectivity index (χ2v) is 4.34. The number of hydrogen-bond donors (Lipinski definition) is 1. The van der Waals surface area contributed by atoms with Gasteiger partial charge in [0.05, 0.1) is 11.5 Å². The molecule has 2 rings (SSSR count). The summed E-state index contributed by atoms with van der Waals surface area (Å²) in [4.78, 5) is 22.7. The molecule has 0 aromatic rings. The van der Waals surface area contributed by atoms with Gasteiger partial charge in [0, 0.05) is 0 Å². The van der Waals surface area contributed by atoms with Gasteiger partial charge in [0.15, 0.2) is 5.78 Å². The van der Waals surface area contributed by atoms with Crippen LogP contribution in [0.1, 0.15) is 6.92 Å². The summed E-state index contributed by atoms with van der Waals surface area (Å²) in [6, 6.07) is 0. The van der Waals surface area contributed by atoms with Gasteiger partial charge >= 0.3 is 12.0 Å². The molecule has 1 heterocycles. The van der Waals surface area contributed by atoms with Crippen LogP contribution in [0, 0.1) is 11.8 Å². The fourth-order valence-electron chi connectivity index (χ4n) is 2.09. The van der Waals surface area contributed by atoms with E-state index >= 15 is 0 Å². The minimum atomic E-state index is -5.12. The second-order valence-electron chi connectivity index (χ2n) is 4.34. The molecule has 0 radical (unpaired) electrons. The topological polar surface area (TPSA) is 63.6 Å². The number of alkyl halides is 3. The maximum absolute atomic E-state index is 12.8. The van der Waals surface area contributed by atoms with Crippen LogP contribution in [0.15, 0.2) is 29.6 Å². The lowest BCUT2D eigenvalue weighted by Crippen LogP contribution is -2.59. The Morgan fingerprint density at radius 2 is 2.11 bits per heavy atom. The number of aliphatic hydroxyl groups is 1. The lowest BCUT2D eigenvalue weighted by molar-refractivity contribution is -0.374. The van der Waals surface area contributed by atoms with E-state index in [2.05, 4.69) is 4.74 Å². The van der Waals surface area contributed by atoms with Gasteiger partial charge in [-0.25, -0.2) is 4.79 Å². The van der Waals surface area contributed by atoms with Crippen molar-refractivity contribution in [3.8, 4) is 0 Å². The van der Waals surface area contributed by atoms with E-state index < -0.39 is 35.3 Å². The number of carbonyl (C=O) groups excluding carboxylic acids is 2. The number of allylic oxidation sites excluding steroid dienone is 4. The summed E-state index contributed by atoms with van der Waals surface area (Å²) in [5, 5.41) is 9.60. The molecule has 0 aromatic heterocycles. The van der Waals surface area contributed by atoms with Crippen LogP contribution in [0.4, 0.5) is 13.2 Å². The summed E-state index contributed by atoms with van der Waals surface area (Å²) in [7, 11) is 0. The molecule has 1 N–H and O–H groups in total. The number of fused-ring (bicyclic) bond motifs is 1. The van der Waals surface area contributed by atoms with E-state index in [-0.39, 0.29) is 5.57 Å². The first-order valence-electron chi connectivity index (χ1n) is 5.37. The van der Waals surface area contributed by atoms with Crippen LogP contribution in [0.25, 0.3) is 0 Å². The molecular weight excluding hydrogens is 265 g/mol. The summed E-state index contributed by atoms with van der Waals surface area (Å²) in [5.41, 5.74) is -0.112. The molecule has 2 aliphatic rings. The molecule has 4 nitrogen and oxygen atoms in total. The molecule has 0 aromatic carbocycles. The zero-order valence-electron chi connectivity index (χ0n) is 9.69. The van der Waals surface area contributed by atoms with Gasteiger partial charge < -0.3 is 9.84 Å². The smallest absolute Gasteiger partial charge is 0.456 e. The quantitative estimate of drug-likeness (QED) is 0.676. The van der Waals surface area contributed by atoms with Gasteiger partial charge in [-0.05, 0) is 19.1 Å². The fraction of sp³-hybridized carbons (Fsp3) is 0.417. The summed E-state index contributed by atoms with van der Waals surface area (Å²) in [6.45, 7) is 0.910. The second kappa shape index (κ2) is 4.08. The Morgan fingerprint density at radius 1 is 1.47 bits per heavy atom. The zero-order valence-corrected chi connectivity index (χ0v) is 9.69. The third kappa shape index (κ3) is 1.82. The van der Waals surface area contributed by atoms with E-state index in [1.807, 2.05) is 0 Å². The van der Waals surface area contributed by atoms with E-state index in [9.17, 15) is 27.9 Å². The van der Waals surface area contributed by atoms with Crippen molar-refractivity contribution in [1.82, 2.24) is 0 Å².